The predicted octanol–water partition coefficient (Wildman–Crippen LogP) is 1.53. The number of amides is 1. The third-order valence-electron chi connectivity index (χ3n) is 2.68. The van der Waals surface area contributed by atoms with Crippen LogP contribution in [0.25, 0.3) is 0 Å². The largest absolute Gasteiger partial charge is 0.465 e. The second-order valence-corrected chi connectivity index (χ2v) is 3.80. The molecule has 1 aromatic rings. The Balaban J connectivity index is 2.76. The van der Waals surface area contributed by atoms with E-state index in [2.05, 4.69) is 0 Å². The van der Waals surface area contributed by atoms with Crippen LogP contribution in [0.1, 0.15) is 31.3 Å². The number of aromatic nitrogens is 1. The van der Waals surface area contributed by atoms with E-state index >= 15 is 0 Å². The van der Waals surface area contributed by atoms with Crippen LogP contribution in [0.15, 0.2) is 18.3 Å². The number of likely N-dealkylation sites (N-methyl/N-ethyl adjacent to an activating group) is 1. The van der Waals surface area contributed by atoms with E-state index in [4.69, 9.17) is 4.74 Å². The van der Waals surface area contributed by atoms with Gasteiger partial charge in [0.15, 0.2) is 0 Å². The van der Waals surface area contributed by atoms with E-state index in [1.54, 1.807) is 13.0 Å². The molecule has 18 heavy (non-hydrogen) atoms. The van der Waals surface area contributed by atoms with Crippen molar-refractivity contribution in [3.63, 3.8) is 0 Å². The van der Waals surface area contributed by atoms with Crippen molar-refractivity contribution in [2.45, 2.75) is 27.3 Å². The van der Waals surface area contributed by atoms with E-state index < -0.39 is 0 Å². The first-order valence-electron chi connectivity index (χ1n) is 6.24. The molecule has 0 N–H and O–H groups in total. The Morgan fingerprint density at radius 3 is 2.61 bits per heavy atom. The van der Waals surface area contributed by atoms with E-state index in [0.29, 0.717) is 18.8 Å². The Kier molecular flexibility index (Phi) is 5.42. The van der Waals surface area contributed by atoms with Crippen molar-refractivity contribution < 1.29 is 14.3 Å². The lowest BCUT2D eigenvalue weighted by Gasteiger charge is -2.20. The topological polar surface area (TPSA) is 51.5 Å². The van der Waals surface area contributed by atoms with Crippen molar-refractivity contribution in [1.82, 2.24) is 9.47 Å². The lowest BCUT2D eigenvalue weighted by molar-refractivity contribution is -0.143. The molecule has 1 rings (SSSR count). The molecule has 0 aromatic carbocycles. The molecule has 0 atom stereocenters. The first kappa shape index (κ1) is 14.3. The van der Waals surface area contributed by atoms with Gasteiger partial charge in [0.1, 0.15) is 12.2 Å². The van der Waals surface area contributed by atoms with Crippen LogP contribution in [0.3, 0.4) is 0 Å². The molecule has 0 saturated carbocycles. The average molecular weight is 252 g/mol. The molecule has 0 unspecified atom stereocenters. The van der Waals surface area contributed by atoms with Crippen LogP contribution in [0.4, 0.5) is 0 Å². The molecule has 0 spiro atoms. The minimum Gasteiger partial charge on any atom is -0.465 e. The maximum atomic E-state index is 12.3. The van der Waals surface area contributed by atoms with Crippen LogP contribution in [-0.4, -0.2) is 41.0 Å². The summed E-state index contributed by atoms with van der Waals surface area (Å²) in [6.45, 7) is 7.10. The van der Waals surface area contributed by atoms with Crippen LogP contribution in [-0.2, 0) is 16.1 Å². The highest BCUT2D eigenvalue weighted by Gasteiger charge is 2.20. The molecule has 5 heteroatoms. The van der Waals surface area contributed by atoms with Crippen LogP contribution in [0, 0.1) is 0 Å². The Labute approximate surface area is 107 Å². The third-order valence-corrected chi connectivity index (χ3v) is 2.68. The minimum absolute atomic E-state index is 0.00192. The molecular weight excluding hydrogens is 232 g/mol. The maximum Gasteiger partial charge on any atom is 0.325 e. The number of rotatable bonds is 6. The highest BCUT2D eigenvalue weighted by atomic mass is 16.5. The first-order chi connectivity index (χ1) is 8.63. The quantitative estimate of drug-likeness (QED) is 0.721. The van der Waals surface area contributed by atoms with Crippen molar-refractivity contribution in [2.75, 3.05) is 19.7 Å². The second-order valence-electron chi connectivity index (χ2n) is 3.80. The molecule has 0 aliphatic rings. The van der Waals surface area contributed by atoms with Crippen molar-refractivity contribution >= 4 is 11.9 Å². The summed E-state index contributed by atoms with van der Waals surface area (Å²) in [6, 6.07) is 3.59. The Hall–Kier alpha value is -1.78. The number of carbonyl (C=O) groups excluding carboxylic acids is 2. The summed E-state index contributed by atoms with van der Waals surface area (Å²) in [4.78, 5) is 25.2. The maximum absolute atomic E-state index is 12.3. The van der Waals surface area contributed by atoms with E-state index in [0.717, 1.165) is 6.54 Å². The van der Waals surface area contributed by atoms with Crippen LogP contribution >= 0.6 is 0 Å². The summed E-state index contributed by atoms with van der Waals surface area (Å²) in [5.74, 6) is -0.514. The van der Waals surface area contributed by atoms with E-state index in [1.165, 1.54) is 4.90 Å². The van der Waals surface area contributed by atoms with Gasteiger partial charge in [0.05, 0.1) is 6.61 Å². The number of nitrogens with zero attached hydrogens (tertiary/aromatic N) is 2. The monoisotopic (exact) mass is 252 g/mol. The van der Waals surface area contributed by atoms with Gasteiger partial charge in [-0.2, -0.15) is 0 Å². The molecule has 5 nitrogen and oxygen atoms in total. The second kappa shape index (κ2) is 6.83. The molecule has 1 amide bonds. The van der Waals surface area contributed by atoms with Gasteiger partial charge >= 0.3 is 5.97 Å². The van der Waals surface area contributed by atoms with E-state index in [-0.39, 0.29) is 18.4 Å². The van der Waals surface area contributed by atoms with E-state index in [1.807, 2.05) is 30.7 Å². The van der Waals surface area contributed by atoms with Crippen LogP contribution in [0.5, 0.6) is 0 Å². The zero-order chi connectivity index (χ0) is 13.5. The van der Waals surface area contributed by atoms with Crippen molar-refractivity contribution in [3.8, 4) is 0 Å². The third kappa shape index (κ3) is 3.35. The summed E-state index contributed by atoms with van der Waals surface area (Å²) < 4.78 is 6.72. The number of hydrogen-bond donors (Lipinski definition) is 0. The number of carbonyl (C=O) groups is 2. The fraction of sp³-hybridized carbons (Fsp3) is 0.538. The van der Waals surface area contributed by atoms with Gasteiger partial charge < -0.3 is 14.2 Å². The zero-order valence-corrected chi connectivity index (χ0v) is 11.2. The van der Waals surface area contributed by atoms with Gasteiger partial charge in [-0.25, -0.2) is 0 Å². The molecule has 0 radical (unpaired) electrons. The summed E-state index contributed by atoms with van der Waals surface area (Å²) in [5.41, 5.74) is 0.601. The molecule has 0 aliphatic heterocycles. The molecular formula is C13H20N2O3. The predicted molar refractivity (Wildman–Crippen MR) is 68.3 cm³/mol. The molecule has 100 valence electrons. The Morgan fingerprint density at radius 2 is 2.06 bits per heavy atom. The molecule has 0 saturated heterocycles. The minimum atomic E-state index is -0.373. The average Bonchev–Trinajstić information content (AvgIpc) is 2.83. The highest BCUT2D eigenvalue weighted by molar-refractivity contribution is 5.94. The summed E-state index contributed by atoms with van der Waals surface area (Å²) in [7, 11) is 0. The smallest absolute Gasteiger partial charge is 0.325 e. The summed E-state index contributed by atoms with van der Waals surface area (Å²) >= 11 is 0. The lowest BCUT2D eigenvalue weighted by Crippen LogP contribution is -2.37. The van der Waals surface area contributed by atoms with Gasteiger partial charge in [-0.15, -0.1) is 0 Å². The van der Waals surface area contributed by atoms with Gasteiger partial charge in [0.25, 0.3) is 5.91 Å². The van der Waals surface area contributed by atoms with Crippen molar-refractivity contribution in [1.29, 1.82) is 0 Å². The lowest BCUT2D eigenvalue weighted by atomic mass is 10.3. The first-order valence-corrected chi connectivity index (χ1v) is 6.24. The summed E-state index contributed by atoms with van der Waals surface area (Å²) in [5, 5.41) is 0. The number of hydrogen-bond acceptors (Lipinski definition) is 3. The van der Waals surface area contributed by atoms with Crippen LogP contribution in [0.2, 0.25) is 0 Å². The Bertz CT molecular complexity index is 412. The fourth-order valence-electron chi connectivity index (χ4n) is 1.74. The highest BCUT2D eigenvalue weighted by Crippen LogP contribution is 2.07. The number of aryl methyl sites for hydroxylation is 1. The molecule has 0 aliphatic carbocycles. The molecule has 0 fully saturated rings. The van der Waals surface area contributed by atoms with Gasteiger partial charge in [-0.1, -0.05) is 0 Å². The molecule has 1 heterocycles. The van der Waals surface area contributed by atoms with Crippen LogP contribution < -0.4 is 0 Å². The normalized spacial score (nSPS) is 10.2. The SMILES string of the molecule is CCOC(=O)CN(CC)C(=O)c1cccn1CC. The van der Waals surface area contributed by atoms with Crippen molar-refractivity contribution in [2.24, 2.45) is 0 Å². The fourth-order valence-corrected chi connectivity index (χ4v) is 1.74. The van der Waals surface area contributed by atoms with Gasteiger partial charge in [0, 0.05) is 19.3 Å². The van der Waals surface area contributed by atoms with Gasteiger partial charge in [-0.05, 0) is 32.9 Å². The van der Waals surface area contributed by atoms with E-state index in [9.17, 15) is 9.59 Å². The molecule has 0 bridgehead atoms. The van der Waals surface area contributed by atoms with Gasteiger partial charge in [-0.3, -0.25) is 9.59 Å². The van der Waals surface area contributed by atoms with Gasteiger partial charge in [0.2, 0.25) is 0 Å². The zero-order valence-electron chi connectivity index (χ0n) is 11.2. The summed E-state index contributed by atoms with van der Waals surface area (Å²) in [6.07, 6.45) is 1.85. The Morgan fingerprint density at radius 1 is 1.33 bits per heavy atom. The van der Waals surface area contributed by atoms with Crippen molar-refractivity contribution in [3.05, 3.63) is 24.0 Å². The number of esters is 1. The standard InChI is InChI=1S/C13H20N2O3/c1-4-14-9-7-8-11(14)13(17)15(5-2)10-12(16)18-6-3/h7-9H,4-6,10H2,1-3H3. The number of ether oxygens (including phenoxy) is 1. The molecule has 1 aromatic heterocycles.